The van der Waals surface area contributed by atoms with E-state index in [0.29, 0.717) is 12.4 Å². The van der Waals surface area contributed by atoms with Gasteiger partial charge in [0.25, 0.3) is 11.8 Å². The predicted octanol–water partition coefficient (Wildman–Crippen LogP) is -0.114. The van der Waals surface area contributed by atoms with Crippen LogP contribution in [-0.2, 0) is 9.53 Å². The molecule has 9 heteroatoms. The number of carbonyl (C=O) groups excluding carboxylic acids is 2. The lowest BCUT2D eigenvalue weighted by molar-refractivity contribution is -0.118. The molecule has 0 atom stereocenters. The van der Waals surface area contributed by atoms with Crippen LogP contribution in [0.2, 0.25) is 0 Å². The Morgan fingerprint density at radius 2 is 2.09 bits per heavy atom. The minimum atomic E-state index is -0.459. The molecule has 22 heavy (non-hydrogen) atoms. The van der Waals surface area contributed by atoms with Gasteiger partial charge in [-0.15, -0.1) is 0 Å². The minimum absolute atomic E-state index is 0.0805. The Hall–Kier alpha value is -2.42. The molecule has 4 rings (SSSR count). The largest absolute Gasteiger partial charge is 0.465 e. The summed E-state index contributed by atoms with van der Waals surface area (Å²) in [6.07, 6.45) is 2.57. The van der Waals surface area contributed by atoms with Crippen LogP contribution in [0.3, 0.4) is 0 Å². The second-order valence-corrected chi connectivity index (χ2v) is 5.61. The molecule has 0 unspecified atom stereocenters. The first-order valence-electron chi connectivity index (χ1n) is 7.16. The zero-order valence-electron chi connectivity index (χ0n) is 11.8. The third kappa shape index (κ3) is 2.13. The molecule has 0 saturated carbocycles. The van der Waals surface area contributed by atoms with E-state index >= 15 is 0 Å². The van der Waals surface area contributed by atoms with Gasteiger partial charge in [0.15, 0.2) is 18.2 Å². The molecule has 116 valence electrons. The van der Waals surface area contributed by atoms with Crippen LogP contribution in [0.5, 0.6) is 5.88 Å². The normalized spacial score (nSPS) is 22.8. The summed E-state index contributed by atoms with van der Waals surface area (Å²) in [6.45, 7) is 2.00. The van der Waals surface area contributed by atoms with Crippen molar-refractivity contribution in [3.8, 4) is 5.88 Å². The Bertz CT molecular complexity index is 643. The quantitative estimate of drug-likeness (QED) is 0.745. The van der Waals surface area contributed by atoms with Crippen molar-refractivity contribution >= 4 is 23.6 Å². The van der Waals surface area contributed by atoms with Crippen LogP contribution in [0.15, 0.2) is 6.20 Å². The zero-order valence-corrected chi connectivity index (χ0v) is 11.8. The smallest absolute Gasteiger partial charge is 0.416 e. The predicted molar refractivity (Wildman–Crippen MR) is 74.8 cm³/mol. The molecular weight excluding hydrogens is 290 g/mol. The molecule has 1 spiro atoms. The Balaban J connectivity index is 1.61. The van der Waals surface area contributed by atoms with Gasteiger partial charge in [-0.3, -0.25) is 9.69 Å². The maximum atomic E-state index is 12.2. The summed E-state index contributed by atoms with van der Waals surface area (Å²) >= 11 is 0. The summed E-state index contributed by atoms with van der Waals surface area (Å²) in [6, 6.07) is 0. The minimum Gasteiger partial charge on any atom is -0.465 e. The van der Waals surface area contributed by atoms with Gasteiger partial charge < -0.3 is 20.1 Å². The number of hydrogen-bond donors (Lipinski definition) is 2. The number of hydrogen-bond acceptors (Lipinski definition) is 7. The Morgan fingerprint density at radius 1 is 1.27 bits per heavy atom. The summed E-state index contributed by atoms with van der Waals surface area (Å²) in [7, 11) is 0. The third-order valence-corrected chi connectivity index (χ3v) is 4.09. The van der Waals surface area contributed by atoms with Crippen LogP contribution in [0.1, 0.15) is 12.8 Å². The standard InChI is InChI=1S/C13H15N5O4/c19-9-6-21-11-10(17-9)16-8(5-15-11)18-7-13(22-12(18)20)1-3-14-4-2-13/h5,14H,1-4,6-7H2,(H,16,17,19). The van der Waals surface area contributed by atoms with Crippen molar-refractivity contribution in [3.63, 3.8) is 0 Å². The van der Waals surface area contributed by atoms with E-state index in [0.717, 1.165) is 25.9 Å². The van der Waals surface area contributed by atoms with Crippen molar-refractivity contribution in [2.75, 3.05) is 36.5 Å². The summed E-state index contributed by atoms with van der Waals surface area (Å²) in [5.41, 5.74) is -0.459. The Kier molecular flexibility index (Phi) is 2.89. The summed E-state index contributed by atoms with van der Waals surface area (Å²) < 4.78 is 10.7. The summed E-state index contributed by atoms with van der Waals surface area (Å²) in [4.78, 5) is 33.4. The Labute approximate surface area is 126 Å². The molecule has 9 nitrogen and oxygen atoms in total. The van der Waals surface area contributed by atoms with Crippen LogP contribution in [0, 0.1) is 0 Å². The molecule has 3 aliphatic rings. The molecule has 2 saturated heterocycles. The van der Waals surface area contributed by atoms with E-state index in [4.69, 9.17) is 9.47 Å². The maximum absolute atomic E-state index is 12.2. The van der Waals surface area contributed by atoms with Gasteiger partial charge in [0.05, 0.1) is 12.7 Å². The average molecular weight is 305 g/mol. The van der Waals surface area contributed by atoms with Crippen molar-refractivity contribution < 1.29 is 19.1 Å². The van der Waals surface area contributed by atoms with Crippen molar-refractivity contribution in [2.24, 2.45) is 0 Å². The molecule has 3 aliphatic heterocycles. The fourth-order valence-corrected chi connectivity index (χ4v) is 2.93. The highest BCUT2D eigenvalue weighted by molar-refractivity contribution is 5.94. The number of ether oxygens (including phenoxy) is 2. The van der Waals surface area contributed by atoms with Crippen molar-refractivity contribution in [1.82, 2.24) is 15.3 Å². The highest BCUT2D eigenvalue weighted by Gasteiger charge is 2.47. The van der Waals surface area contributed by atoms with Gasteiger partial charge in [-0.05, 0) is 13.1 Å². The molecule has 2 fully saturated rings. The van der Waals surface area contributed by atoms with Crippen molar-refractivity contribution in [3.05, 3.63) is 6.20 Å². The van der Waals surface area contributed by atoms with E-state index in [9.17, 15) is 9.59 Å². The highest BCUT2D eigenvalue weighted by Crippen LogP contribution is 2.34. The van der Waals surface area contributed by atoms with Crippen LogP contribution in [-0.4, -0.2) is 53.8 Å². The highest BCUT2D eigenvalue weighted by atomic mass is 16.6. The SMILES string of the molecule is O=C1COc2ncc(N3CC4(CCNCC4)OC3=O)nc2N1. The first-order chi connectivity index (χ1) is 10.7. The van der Waals surface area contributed by atoms with Crippen molar-refractivity contribution in [2.45, 2.75) is 18.4 Å². The number of piperidine rings is 1. The van der Waals surface area contributed by atoms with Gasteiger partial charge in [0.1, 0.15) is 5.60 Å². The number of rotatable bonds is 1. The number of carbonyl (C=O) groups is 2. The molecular formula is C13H15N5O4. The molecule has 1 aromatic rings. The number of anilines is 2. The van der Waals surface area contributed by atoms with Gasteiger partial charge in [0.2, 0.25) is 0 Å². The van der Waals surface area contributed by atoms with Gasteiger partial charge >= 0.3 is 6.09 Å². The van der Waals surface area contributed by atoms with Crippen LogP contribution in [0.4, 0.5) is 16.4 Å². The van der Waals surface area contributed by atoms with E-state index in [1.54, 1.807) is 0 Å². The van der Waals surface area contributed by atoms with Crippen LogP contribution in [0.25, 0.3) is 0 Å². The topological polar surface area (TPSA) is 106 Å². The van der Waals surface area contributed by atoms with E-state index in [1.165, 1.54) is 11.1 Å². The summed E-state index contributed by atoms with van der Waals surface area (Å²) in [5, 5.41) is 5.83. The Morgan fingerprint density at radius 3 is 2.91 bits per heavy atom. The molecule has 4 heterocycles. The van der Waals surface area contributed by atoms with Gasteiger partial charge in [-0.25, -0.2) is 14.8 Å². The number of fused-ring (bicyclic) bond motifs is 1. The average Bonchev–Trinajstić information content (AvgIpc) is 2.83. The van der Waals surface area contributed by atoms with Crippen LogP contribution < -0.4 is 20.3 Å². The number of amides is 2. The number of nitrogens with one attached hydrogen (secondary N) is 2. The van der Waals surface area contributed by atoms with Crippen molar-refractivity contribution in [1.29, 1.82) is 0 Å². The third-order valence-electron chi connectivity index (χ3n) is 4.09. The van der Waals surface area contributed by atoms with E-state index in [1.807, 2.05) is 0 Å². The van der Waals surface area contributed by atoms with Gasteiger partial charge in [-0.1, -0.05) is 0 Å². The number of nitrogens with zero attached hydrogens (tertiary/aromatic N) is 3. The fourth-order valence-electron chi connectivity index (χ4n) is 2.93. The van der Waals surface area contributed by atoms with Gasteiger partial charge in [-0.2, -0.15) is 0 Å². The first-order valence-corrected chi connectivity index (χ1v) is 7.16. The van der Waals surface area contributed by atoms with Gasteiger partial charge in [0, 0.05) is 12.8 Å². The van der Waals surface area contributed by atoms with E-state index in [2.05, 4.69) is 20.6 Å². The fraction of sp³-hybridized carbons (Fsp3) is 0.538. The second-order valence-electron chi connectivity index (χ2n) is 5.61. The summed E-state index contributed by atoms with van der Waals surface area (Å²) in [5.74, 6) is 0.544. The maximum Gasteiger partial charge on any atom is 0.416 e. The molecule has 0 aromatic carbocycles. The molecule has 2 N–H and O–H groups in total. The first kappa shape index (κ1) is 13.3. The molecule has 1 aromatic heterocycles. The van der Waals surface area contributed by atoms with Crippen LogP contribution >= 0.6 is 0 Å². The molecule has 0 radical (unpaired) electrons. The molecule has 0 bridgehead atoms. The molecule has 2 amide bonds. The zero-order chi connectivity index (χ0) is 15.2. The van der Waals surface area contributed by atoms with E-state index in [-0.39, 0.29) is 24.2 Å². The lowest BCUT2D eigenvalue weighted by atomic mass is 9.92. The second kappa shape index (κ2) is 4.80. The van der Waals surface area contributed by atoms with E-state index < -0.39 is 11.7 Å². The number of aromatic nitrogens is 2. The monoisotopic (exact) mass is 305 g/mol. The lowest BCUT2D eigenvalue weighted by Crippen LogP contribution is -2.45. The lowest BCUT2D eigenvalue weighted by Gasteiger charge is -2.31. The molecule has 0 aliphatic carbocycles.